The molecular formula is C10H19NO3. The Bertz CT molecular complexity index is 218. The van der Waals surface area contributed by atoms with Gasteiger partial charge in [-0.3, -0.25) is 4.79 Å². The first-order valence-corrected chi connectivity index (χ1v) is 4.70. The van der Waals surface area contributed by atoms with Crippen molar-refractivity contribution < 1.29 is 14.3 Å². The van der Waals surface area contributed by atoms with Crippen LogP contribution in [-0.4, -0.2) is 25.0 Å². The van der Waals surface area contributed by atoms with Gasteiger partial charge < -0.3 is 10.1 Å². The van der Waals surface area contributed by atoms with Crippen molar-refractivity contribution in [2.24, 2.45) is 5.41 Å². The molecule has 0 aromatic rings. The van der Waals surface area contributed by atoms with Crippen LogP contribution in [0, 0.1) is 5.41 Å². The Hall–Kier alpha value is -1.06. The SMILES string of the molecule is CCC(=O)C(NC(=O)OC)C(C)(C)C. The Labute approximate surface area is 85.0 Å². The van der Waals surface area contributed by atoms with Gasteiger partial charge in [-0.1, -0.05) is 27.7 Å². The molecule has 0 saturated heterocycles. The molecule has 4 heteroatoms. The molecule has 0 fully saturated rings. The zero-order valence-corrected chi connectivity index (χ0v) is 9.51. The second kappa shape index (κ2) is 4.98. The number of carbonyl (C=O) groups is 2. The van der Waals surface area contributed by atoms with Gasteiger partial charge in [0.15, 0.2) is 5.78 Å². The quantitative estimate of drug-likeness (QED) is 0.756. The molecule has 0 bridgehead atoms. The number of methoxy groups -OCH3 is 1. The van der Waals surface area contributed by atoms with E-state index in [9.17, 15) is 9.59 Å². The third-order valence-electron chi connectivity index (χ3n) is 1.98. The van der Waals surface area contributed by atoms with Crippen LogP contribution < -0.4 is 5.32 Å². The molecular weight excluding hydrogens is 182 g/mol. The highest BCUT2D eigenvalue weighted by molar-refractivity contribution is 5.87. The monoisotopic (exact) mass is 201 g/mol. The van der Waals surface area contributed by atoms with Crippen molar-refractivity contribution in [1.82, 2.24) is 5.32 Å². The molecule has 4 nitrogen and oxygen atoms in total. The van der Waals surface area contributed by atoms with E-state index in [1.165, 1.54) is 7.11 Å². The van der Waals surface area contributed by atoms with Gasteiger partial charge in [0.25, 0.3) is 0 Å². The number of nitrogens with one attached hydrogen (secondary N) is 1. The van der Waals surface area contributed by atoms with Crippen molar-refractivity contribution in [3.63, 3.8) is 0 Å². The third-order valence-corrected chi connectivity index (χ3v) is 1.98. The first kappa shape index (κ1) is 12.9. The standard InChI is InChI=1S/C10H19NO3/c1-6-7(12)8(10(2,3)4)11-9(13)14-5/h8H,6H2,1-5H3,(H,11,13). The lowest BCUT2D eigenvalue weighted by Gasteiger charge is -2.29. The highest BCUT2D eigenvalue weighted by Crippen LogP contribution is 2.20. The molecule has 0 radical (unpaired) electrons. The molecule has 0 spiro atoms. The number of carbonyl (C=O) groups excluding carboxylic acids is 2. The lowest BCUT2D eigenvalue weighted by atomic mass is 9.83. The number of ketones is 1. The second-order valence-corrected chi connectivity index (χ2v) is 4.25. The third kappa shape index (κ3) is 3.77. The first-order chi connectivity index (χ1) is 6.32. The van der Waals surface area contributed by atoms with Crippen LogP contribution in [0.15, 0.2) is 0 Å². The van der Waals surface area contributed by atoms with Crippen molar-refractivity contribution in [1.29, 1.82) is 0 Å². The highest BCUT2D eigenvalue weighted by atomic mass is 16.5. The summed E-state index contributed by atoms with van der Waals surface area (Å²) in [6, 6.07) is -0.486. The summed E-state index contributed by atoms with van der Waals surface area (Å²) in [5, 5.41) is 2.55. The molecule has 1 unspecified atom stereocenters. The van der Waals surface area contributed by atoms with Gasteiger partial charge in [0.05, 0.1) is 13.2 Å². The van der Waals surface area contributed by atoms with E-state index in [2.05, 4.69) is 10.1 Å². The number of hydrogen-bond donors (Lipinski definition) is 1. The molecule has 0 aromatic carbocycles. The van der Waals surface area contributed by atoms with Crippen LogP contribution in [0.5, 0.6) is 0 Å². The molecule has 14 heavy (non-hydrogen) atoms. The fourth-order valence-corrected chi connectivity index (χ4v) is 1.16. The van der Waals surface area contributed by atoms with E-state index < -0.39 is 12.1 Å². The summed E-state index contributed by atoms with van der Waals surface area (Å²) in [5.74, 6) is 0.0166. The zero-order chi connectivity index (χ0) is 11.4. The van der Waals surface area contributed by atoms with Crippen LogP contribution in [0.25, 0.3) is 0 Å². The number of amides is 1. The van der Waals surface area contributed by atoms with Gasteiger partial charge in [-0.25, -0.2) is 4.79 Å². The predicted molar refractivity (Wildman–Crippen MR) is 54.1 cm³/mol. The Morgan fingerprint density at radius 3 is 2.14 bits per heavy atom. The summed E-state index contributed by atoms with van der Waals surface area (Å²) in [4.78, 5) is 22.5. The summed E-state index contributed by atoms with van der Waals surface area (Å²) in [6.45, 7) is 7.49. The molecule has 0 aliphatic carbocycles. The van der Waals surface area contributed by atoms with Gasteiger partial charge in [0.2, 0.25) is 0 Å². The van der Waals surface area contributed by atoms with Crippen LogP contribution in [0.3, 0.4) is 0 Å². The van der Waals surface area contributed by atoms with Crippen LogP contribution in [0.2, 0.25) is 0 Å². The smallest absolute Gasteiger partial charge is 0.407 e. The van der Waals surface area contributed by atoms with Crippen molar-refractivity contribution >= 4 is 11.9 Å². The van der Waals surface area contributed by atoms with Crippen LogP contribution in [0.1, 0.15) is 34.1 Å². The maximum absolute atomic E-state index is 11.5. The minimum atomic E-state index is -0.563. The van der Waals surface area contributed by atoms with Crippen LogP contribution >= 0.6 is 0 Å². The van der Waals surface area contributed by atoms with E-state index in [1.54, 1.807) is 6.92 Å². The molecule has 0 heterocycles. The fraction of sp³-hybridized carbons (Fsp3) is 0.800. The normalized spacial score (nSPS) is 13.2. The summed E-state index contributed by atoms with van der Waals surface area (Å²) in [6.07, 6.45) is -0.155. The van der Waals surface area contributed by atoms with Gasteiger partial charge in [-0.2, -0.15) is 0 Å². The van der Waals surface area contributed by atoms with Crippen molar-refractivity contribution in [2.45, 2.75) is 40.2 Å². The molecule has 82 valence electrons. The molecule has 1 amide bonds. The summed E-state index contributed by atoms with van der Waals surface area (Å²) < 4.78 is 4.47. The van der Waals surface area contributed by atoms with Gasteiger partial charge in [-0.05, 0) is 5.41 Å². The van der Waals surface area contributed by atoms with Gasteiger partial charge in [0, 0.05) is 6.42 Å². The average molecular weight is 201 g/mol. The Balaban J connectivity index is 4.58. The van der Waals surface area contributed by atoms with Crippen LogP contribution in [-0.2, 0) is 9.53 Å². The number of hydrogen-bond acceptors (Lipinski definition) is 3. The molecule has 1 N–H and O–H groups in total. The fourth-order valence-electron chi connectivity index (χ4n) is 1.16. The minimum Gasteiger partial charge on any atom is -0.453 e. The lowest BCUT2D eigenvalue weighted by molar-refractivity contribution is -0.123. The van der Waals surface area contributed by atoms with Gasteiger partial charge in [0.1, 0.15) is 0 Å². The van der Waals surface area contributed by atoms with E-state index >= 15 is 0 Å². The first-order valence-electron chi connectivity index (χ1n) is 4.70. The number of alkyl carbamates (subject to hydrolysis) is 1. The van der Waals surface area contributed by atoms with Crippen molar-refractivity contribution in [3.8, 4) is 0 Å². The largest absolute Gasteiger partial charge is 0.453 e. The summed E-state index contributed by atoms with van der Waals surface area (Å²) in [5.41, 5.74) is -0.290. The molecule has 0 rings (SSSR count). The number of ether oxygens (including phenoxy) is 1. The van der Waals surface area contributed by atoms with Crippen LogP contribution in [0.4, 0.5) is 4.79 Å². The Kier molecular flexibility index (Phi) is 4.60. The lowest BCUT2D eigenvalue weighted by Crippen LogP contribution is -2.48. The van der Waals surface area contributed by atoms with E-state index in [-0.39, 0.29) is 11.2 Å². The maximum Gasteiger partial charge on any atom is 0.407 e. The van der Waals surface area contributed by atoms with Gasteiger partial charge >= 0.3 is 6.09 Å². The average Bonchev–Trinajstić information content (AvgIpc) is 2.10. The Morgan fingerprint density at radius 2 is 1.86 bits per heavy atom. The molecule has 0 aliphatic heterocycles. The van der Waals surface area contributed by atoms with E-state index in [1.807, 2.05) is 20.8 Å². The molecule has 0 aromatic heterocycles. The number of Topliss-reactive ketones (excluding diaryl/α,β-unsaturated/α-hetero) is 1. The highest BCUT2D eigenvalue weighted by Gasteiger charge is 2.31. The van der Waals surface area contributed by atoms with Gasteiger partial charge in [-0.15, -0.1) is 0 Å². The van der Waals surface area contributed by atoms with E-state index in [0.717, 1.165) is 0 Å². The minimum absolute atomic E-state index is 0.0166. The van der Waals surface area contributed by atoms with E-state index in [4.69, 9.17) is 0 Å². The predicted octanol–water partition coefficient (Wildman–Crippen LogP) is 1.74. The summed E-state index contributed by atoms with van der Waals surface area (Å²) >= 11 is 0. The summed E-state index contributed by atoms with van der Waals surface area (Å²) in [7, 11) is 1.28. The van der Waals surface area contributed by atoms with E-state index in [0.29, 0.717) is 6.42 Å². The molecule has 1 atom stereocenters. The van der Waals surface area contributed by atoms with Crippen molar-refractivity contribution in [3.05, 3.63) is 0 Å². The number of rotatable bonds is 3. The maximum atomic E-state index is 11.5. The molecule has 0 aliphatic rings. The second-order valence-electron chi connectivity index (χ2n) is 4.25. The molecule has 0 saturated carbocycles. The Morgan fingerprint density at radius 1 is 1.36 bits per heavy atom. The van der Waals surface area contributed by atoms with Crippen molar-refractivity contribution in [2.75, 3.05) is 7.11 Å². The topological polar surface area (TPSA) is 55.4 Å². The zero-order valence-electron chi connectivity index (χ0n) is 9.51.